The van der Waals surface area contributed by atoms with Crippen LogP contribution in [0, 0.1) is 6.92 Å². The molecule has 2 N–H and O–H groups in total. The van der Waals surface area contributed by atoms with Gasteiger partial charge < -0.3 is 5.73 Å². The number of nitrogens with zero attached hydrogens (tertiary/aromatic N) is 2. The van der Waals surface area contributed by atoms with Crippen LogP contribution >= 0.6 is 15.9 Å². The van der Waals surface area contributed by atoms with Gasteiger partial charge in [-0.2, -0.15) is 5.10 Å². The van der Waals surface area contributed by atoms with E-state index in [9.17, 15) is 0 Å². The first-order valence-electron chi connectivity index (χ1n) is 6.33. The van der Waals surface area contributed by atoms with E-state index in [1.807, 2.05) is 54.6 Å². The molecule has 0 amide bonds. The normalized spacial score (nSPS) is 10.7. The minimum Gasteiger partial charge on any atom is -0.383 e. The van der Waals surface area contributed by atoms with Crippen LogP contribution in [0.15, 0.2) is 59.1 Å². The van der Waals surface area contributed by atoms with Crippen LogP contribution in [0.5, 0.6) is 0 Å². The van der Waals surface area contributed by atoms with Crippen LogP contribution in [0.3, 0.4) is 0 Å². The summed E-state index contributed by atoms with van der Waals surface area (Å²) in [6.07, 6.45) is 0. The fourth-order valence-corrected chi connectivity index (χ4v) is 2.55. The van der Waals surface area contributed by atoms with E-state index in [4.69, 9.17) is 5.73 Å². The molecule has 4 heteroatoms. The summed E-state index contributed by atoms with van der Waals surface area (Å²) in [6, 6.07) is 18.1. The first-order chi connectivity index (χ1) is 9.66. The molecule has 0 saturated heterocycles. The van der Waals surface area contributed by atoms with Crippen LogP contribution in [0.4, 0.5) is 5.82 Å². The van der Waals surface area contributed by atoms with Crippen molar-refractivity contribution in [1.82, 2.24) is 9.78 Å². The van der Waals surface area contributed by atoms with E-state index >= 15 is 0 Å². The Balaban J connectivity index is 2.13. The molecule has 0 unspecified atom stereocenters. The van der Waals surface area contributed by atoms with Crippen LogP contribution in [0.1, 0.15) is 5.56 Å². The van der Waals surface area contributed by atoms with E-state index < -0.39 is 0 Å². The molecule has 0 fully saturated rings. The van der Waals surface area contributed by atoms with Crippen LogP contribution in [-0.2, 0) is 0 Å². The molecule has 2 aromatic carbocycles. The van der Waals surface area contributed by atoms with Gasteiger partial charge in [0.2, 0.25) is 0 Å². The summed E-state index contributed by atoms with van der Waals surface area (Å²) in [5.74, 6) is 0.604. The molecule has 0 radical (unpaired) electrons. The predicted octanol–water partition coefficient (Wildman–Crippen LogP) is 4.19. The number of aromatic nitrogens is 2. The molecular formula is C16H14BrN3. The second-order valence-corrected chi connectivity index (χ2v) is 5.45. The lowest BCUT2D eigenvalue weighted by Crippen LogP contribution is -2.01. The number of anilines is 1. The molecule has 0 atom stereocenters. The Labute approximate surface area is 126 Å². The Morgan fingerprint density at radius 3 is 2.30 bits per heavy atom. The highest BCUT2D eigenvalue weighted by Gasteiger charge is 2.15. The minimum absolute atomic E-state index is 0.604. The lowest BCUT2D eigenvalue weighted by atomic mass is 10.2. The number of nitrogen functional groups attached to an aromatic ring is 1. The number of hydrogen-bond donors (Lipinski definition) is 1. The zero-order valence-corrected chi connectivity index (χ0v) is 12.6. The van der Waals surface area contributed by atoms with Crippen molar-refractivity contribution in [3.63, 3.8) is 0 Å². The SMILES string of the molecule is Cc1ccc(-n2nc(-c3ccccc3)c(Br)c2N)cc1. The van der Waals surface area contributed by atoms with Crippen LogP contribution < -0.4 is 5.73 Å². The van der Waals surface area contributed by atoms with Crippen molar-refractivity contribution >= 4 is 21.7 Å². The Kier molecular flexibility index (Phi) is 3.32. The maximum Gasteiger partial charge on any atom is 0.142 e. The number of nitrogens with two attached hydrogens (primary N) is 1. The summed E-state index contributed by atoms with van der Waals surface area (Å²) in [5, 5.41) is 4.62. The highest BCUT2D eigenvalue weighted by Crippen LogP contribution is 2.33. The van der Waals surface area contributed by atoms with Crippen molar-refractivity contribution in [2.45, 2.75) is 6.92 Å². The van der Waals surface area contributed by atoms with Gasteiger partial charge in [0.05, 0.1) is 10.2 Å². The minimum atomic E-state index is 0.604. The van der Waals surface area contributed by atoms with Gasteiger partial charge in [-0.15, -0.1) is 0 Å². The van der Waals surface area contributed by atoms with Crippen molar-refractivity contribution in [2.75, 3.05) is 5.73 Å². The van der Waals surface area contributed by atoms with Crippen molar-refractivity contribution in [2.24, 2.45) is 0 Å². The Bertz CT molecular complexity index is 730. The van der Waals surface area contributed by atoms with E-state index in [1.54, 1.807) is 4.68 Å². The third kappa shape index (κ3) is 2.23. The third-order valence-electron chi connectivity index (χ3n) is 3.19. The van der Waals surface area contributed by atoms with Gasteiger partial charge in [0, 0.05) is 5.56 Å². The number of benzene rings is 2. The summed E-state index contributed by atoms with van der Waals surface area (Å²) < 4.78 is 2.58. The fraction of sp³-hybridized carbons (Fsp3) is 0.0625. The standard InChI is InChI=1S/C16H14BrN3/c1-11-7-9-13(10-8-11)20-16(18)14(17)15(19-20)12-5-3-2-4-6-12/h2-10H,18H2,1H3. The number of halogens is 1. The summed E-state index contributed by atoms with van der Waals surface area (Å²) >= 11 is 3.54. The topological polar surface area (TPSA) is 43.8 Å². The molecule has 0 aliphatic carbocycles. The molecule has 0 aliphatic rings. The van der Waals surface area contributed by atoms with E-state index in [2.05, 4.69) is 28.0 Å². The first kappa shape index (κ1) is 12.9. The fourth-order valence-electron chi connectivity index (χ4n) is 2.08. The number of hydrogen-bond acceptors (Lipinski definition) is 2. The van der Waals surface area contributed by atoms with Crippen LogP contribution in [0.25, 0.3) is 16.9 Å². The average molecular weight is 328 g/mol. The van der Waals surface area contributed by atoms with E-state index in [0.717, 1.165) is 21.4 Å². The molecule has 20 heavy (non-hydrogen) atoms. The predicted molar refractivity (Wildman–Crippen MR) is 85.8 cm³/mol. The third-order valence-corrected chi connectivity index (χ3v) is 3.97. The van der Waals surface area contributed by atoms with Gasteiger partial charge in [-0.05, 0) is 35.0 Å². The zero-order chi connectivity index (χ0) is 14.1. The van der Waals surface area contributed by atoms with Crippen LogP contribution in [0.2, 0.25) is 0 Å². The summed E-state index contributed by atoms with van der Waals surface area (Å²) in [5.41, 5.74) is 10.2. The van der Waals surface area contributed by atoms with Crippen molar-refractivity contribution < 1.29 is 0 Å². The number of rotatable bonds is 2. The van der Waals surface area contributed by atoms with Gasteiger partial charge in [0.25, 0.3) is 0 Å². The zero-order valence-electron chi connectivity index (χ0n) is 11.0. The maximum atomic E-state index is 6.16. The second kappa shape index (κ2) is 5.13. The molecule has 0 saturated carbocycles. The molecule has 0 aliphatic heterocycles. The van der Waals surface area contributed by atoms with Gasteiger partial charge in [-0.3, -0.25) is 0 Å². The van der Waals surface area contributed by atoms with Crippen molar-refractivity contribution in [3.8, 4) is 16.9 Å². The van der Waals surface area contributed by atoms with E-state index in [0.29, 0.717) is 5.82 Å². The largest absolute Gasteiger partial charge is 0.383 e. The molecule has 3 aromatic rings. The lowest BCUT2D eigenvalue weighted by molar-refractivity contribution is 0.894. The Hall–Kier alpha value is -2.07. The smallest absolute Gasteiger partial charge is 0.142 e. The average Bonchev–Trinajstić information content (AvgIpc) is 2.77. The van der Waals surface area contributed by atoms with Gasteiger partial charge in [-0.25, -0.2) is 4.68 Å². The summed E-state index contributed by atoms with van der Waals surface area (Å²) in [7, 11) is 0. The molecular weight excluding hydrogens is 314 g/mol. The Morgan fingerprint density at radius 1 is 1.00 bits per heavy atom. The van der Waals surface area contributed by atoms with Gasteiger partial charge in [0.15, 0.2) is 0 Å². The van der Waals surface area contributed by atoms with E-state index in [-0.39, 0.29) is 0 Å². The monoisotopic (exact) mass is 327 g/mol. The van der Waals surface area contributed by atoms with Gasteiger partial charge in [0.1, 0.15) is 11.5 Å². The highest BCUT2D eigenvalue weighted by molar-refractivity contribution is 9.10. The second-order valence-electron chi connectivity index (χ2n) is 4.66. The summed E-state index contributed by atoms with van der Waals surface area (Å²) in [6.45, 7) is 2.06. The molecule has 0 spiro atoms. The van der Waals surface area contributed by atoms with Gasteiger partial charge >= 0.3 is 0 Å². The lowest BCUT2D eigenvalue weighted by Gasteiger charge is -2.04. The summed E-state index contributed by atoms with van der Waals surface area (Å²) in [4.78, 5) is 0. The number of aryl methyl sites for hydroxylation is 1. The first-order valence-corrected chi connectivity index (χ1v) is 7.12. The molecule has 100 valence electrons. The van der Waals surface area contributed by atoms with Crippen LogP contribution in [-0.4, -0.2) is 9.78 Å². The quantitative estimate of drug-likeness (QED) is 0.766. The van der Waals surface area contributed by atoms with Gasteiger partial charge in [-0.1, -0.05) is 48.0 Å². The van der Waals surface area contributed by atoms with Crippen molar-refractivity contribution in [1.29, 1.82) is 0 Å². The molecule has 1 heterocycles. The molecule has 1 aromatic heterocycles. The van der Waals surface area contributed by atoms with Crippen molar-refractivity contribution in [3.05, 3.63) is 64.6 Å². The molecule has 3 nitrogen and oxygen atoms in total. The van der Waals surface area contributed by atoms with E-state index in [1.165, 1.54) is 5.56 Å². The Morgan fingerprint density at radius 2 is 1.65 bits per heavy atom. The highest BCUT2D eigenvalue weighted by atomic mass is 79.9. The maximum absolute atomic E-state index is 6.16. The molecule has 3 rings (SSSR count). The molecule has 0 bridgehead atoms.